The van der Waals surface area contributed by atoms with E-state index in [1.54, 1.807) is 18.2 Å². The Balaban J connectivity index is 1.89. The number of nitro groups is 1. The molecule has 0 spiro atoms. The van der Waals surface area contributed by atoms with Crippen LogP contribution < -0.4 is 0 Å². The number of esters is 1. The van der Waals surface area contributed by atoms with Crippen molar-refractivity contribution in [2.75, 3.05) is 0 Å². The van der Waals surface area contributed by atoms with Crippen LogP contribution in [0, 0.1) is 10.1 Å². The molecule has 0 atom stereocenters. The summed E-state index contributed by atoms with van der Waals surface area (Å²) in [5.74, 6) is -0.474. The summed E-state index contributed by atoms with van der Waals surface area (Å²) in [7, 11) is 0. The second-order valence-electron chi connectivity index (χ2n) is 4.42. The van der Waals surface area contributed by atoms with Crippen LogP contribution in [0.15, 0.2) is 59.1 Å². The summed E-state index contributed by atoms with van der Waals surface area (Å²) in [5.41, 5.74) is 1.57. The highest BCUT2D eigenvalue weighted by Crippen LogP contribution is 2.14. The molecule has 0 saturated carbocycles. The van der Waals surface area contributed by atoms with Gasteiger partial charge in [0.05, 0.1) is 4.92 Å². The maximum Gasteiger partial charge on any atom is 0.331 e. The smallest absolute Gasteiger partial charge is 0.331 e. The minimum absolute atomic E-state index is 0.00869. The van der Waals surface area contributed by atoms with Gasteiger partial charge in [-0.2, -0.15) is 0 Å². The Kier molecular flexibility index (Phi) is 5.43. The van der Waals surface area contributed by atoms with Gasteiger partial charge >= 0.3 is 5.97 Å². The van der Waals surface area contributed by atoms with Gasteiger partial charge < -0.3 is 4.74 Å². The lowest BCUT2D eigenvalue weighted by molar-refractivity contribution is -0.384. The molecule has 0 bridgehead atoms. The Labute approximate surface area is 135 Å². The summed E-state index contributed by atoms with van der Waals surface area (Å²) >= 11 is 3.34. The highest BCUT2D eigenvalue weighted by Gasteiger charge is 2.03. The molecule has 0 saturated heterocycles. The van der Waals surface area contributed by atoms with Gasteiger partial charge in [0, 0.05) is 22.7 Å². The van der Waals surface area contributed by atoms with Crippen molar-refractivity contribution in [3.8, 4) is 0 Å². The third-order valence-electron chi connectivity index (χ3n) is 2.79. The third kappa shape index (κ3) is 4.82. The first-order valence-corrected chi connectivity index (χ1v) is 7.17. The van der Waals surface area contributed by atoms with Gasteiger partial charge in [0.2, 0.25) is 0 Å². The third-order valence-corrected chi connectivity index (χ3v) is 3.28. The second-order valence-corrected chi connectivity index (χ2v) is 5.34. The number of nitrogens with zero attached hydrogens (tertiary/aromatic N) is 1. The van der Waals surface area contributed by atoms with E-state index in [1.807, 2.05) is 24.3 Å². The summed E-state index contributed by atoms with van der Waals surface area (Å²) in [6, 6.07) is 13.4. The summed E-state index contributed by atoms with van der Waals surface area (Å²) < 4.78 is 6.03. The van der Waals surface area contributed by atoms with Crippen molar-refractivity contribution in [3.63, 3.8) is 0 Å². The highest BCUT2D eigenvalue weighted by atomic mass is 79.9. The Morgan fingerprint density at radius 2 is 1.95 bits per heavy atom. The lowest BCUT2D eigenvalue weighted by Crippen LogP contribution is -2.00. The molecule has 0 unspecified atom stereocenters. The van der Waals surface area contributed by atoms with Gasteiger partial charge in [0.1, 0.15) is 6.61 Å². The molecule has 0 aromatic heterocycles. The zero-order valence-corrected chi connectivity index (χ0v) is 13.0. The molecule has 0 aliphatic rings. The standard InChI is InChI=1S/C16H12BrNO4/c17-14-3-1-2-13(10-14)11-22-16(19)9-6-12-4-7-15(8-5-12)18(20)21/h1-10H,11H2/b9-6+. The number of ether oxygens (including phenoxy) is 1. The van der Waals surface area contributed by atoms with E-state index in [0.29, 0.717) is 5.56 Å². The van der Waals surface area contributed by atoms with Crippen LogP contribution in [0.3, 0.4) is 0 Å². The minimum Gasteiger partial charge on any atom is -0.458 e. The Hall–Kier alpha value is -2.47. The molecule has 0 radical (unpaired) electrons. The summed E-state index contributed by atoms with van der Waals surface area (Å²) in [6.45, 7) is 0.183. The SMILES string of the molecule is O=C(/C=C/c1ccc([N+](=O)[O-])cc1)OCc1cccc(Br)c1. The van der Waals surface area contributed by atoms with Crippen molar-refractivity contribution < 1.29 is 14.5 Å². The van der Waals surface area contributed by atoms with Crippen LogP contribution >= 0.6 is 15.9 Å². The average Bonchev–Trinajstić information content (AvgIpc) is 2.51. The van der Waals surface area contributed by atoms with Crippen LogP contribution in [0.25, 0.3) is 6.08 Å². The van der Waals surface area contributed by atoms with E-state index >= 15 is 0 Å². The van der Waals surface area contributed by atoms with Crippen LogP contribution in [0.4, 0.5) is 5.69 Å². The van der Waals surface area contributed by atoms with Crippen LogP contribution in [0.5, 0.6) is 0 Å². The molecule has 2 aromatic rings. The largest absolute Gasteiger partial charge is 0.458 e. The molecule has 0 aliphatic heterocycles. The zero-order valence-electron chi connectivity index (χ0n) is 11.4. The van der Waals surface area contributed by atoms with Gasteiger partial charge in [-0.3, -0.25) is 10.1 Å². The molecule has 22 heavy (non-hydrogen) atoms. The number of benzene rings is 2. The number of carbonyl (C=O) groups is 1. The Bertz CT molecular complexity index is 710. The maximum atomic E-state index is 11.6. The fourth-order valence-corrected chi connectivity index (χ4v) is 2.15. The van der Waals surface area contributed by atoms with Gasteiger partial charge in [0.25, 0.3) is 5.69 Å². The molecular weight excluding hydrogens is 350 g/mol. The van der Waals surface area contributed by atoms with Crippen molar-refractivity contribution in [2.24, 2.45) is 0 Å². The second kappa shape index (κ2) is 7.51. The van der Waals surface area contributed by atoms with Gasteiger partial charge in [-0.05, 0) is 41.5 Å². The van der Waals surface area contributed by atoms with Crippen molar-refractivity contribution in [1.82, 2.24) is 0 Å². The number of hydrogen-bond acceptors (Lipinski definition) is 4. The lowest BCUT2D eigenvalue weighted by atomic mass is 10.2. The van der Waals surface area contributed by atoms with Crippen molar-refractivity contribution >= 4 is 33.7 Å². The first kappa shape index (κ1) is 15.9. The predicted octanol–water partition coefficient (Wildman–Crippen LogP) is 4.11. The molecule has 112 valence electrons. The van der Waals surface area contributed by atoms with Crippen LogP contribution in [0.1, 0.15) is 11.1 Å². The van der Waals surface area contributed by atoms with Gasteiger partial charge in [0.15, 0.2) is 0 Å². The van der Waals surface area contributed by atoms with E-state index < -0.39 is 10.9 Å². The molecule has 2 aromatic carbocycles. The molecule has 6 heteroatoms. The van der Waals surface area contributed by atoms with Crippen LogP contribution in [-0.2, 0) is 16.1 Å². The monoisotopic (exact) mass is 361 g/mol. The molecule has 0 aliphatic carbocycles. The zero-order chi connectivity index (χ0) is 15.9. The normalized spacial score (nSPS) is 10.6. The maximum absolute atomic E-state index is 11.6. The molecule has 0 heterocycles. The number of rotatable bonds is 5. The van der Waals surface area contributed by atoms with Gasteiger partial charge in [-0.15, -0.1) is 0 Å². The number of halogens is 1. The lowest BCUT2D eigenvalue weighted by Gasteiger charge is -2.02. The van der Waals surface area contributed by atoms with Crippen molar-refractivity contribution in [1.29, 1.82) is 0 Å². The van der Waals surface area contributed by atoms with Gasteiger partial charge in [-0.25, -0.2) is 4.79 Å². The molecule has 5 nitrogen and oxygen atoms in total. The number of non-ortho nitro benzene ring substituents is 1. The van der Waals surface area contributed by atoms with Gasteiger partial charge in [-0.1, -0.05) is 28.1 Å². The summed E-state index contributed by atoms with van der Waals surface area (Å²) in [6.07, 6.45) is 2.84. The van der Waals surface area contributed by atoms with Crippen LogP contribution in [-0.4, -0.2) is 10.9 Å². The molecule has 0 amide bonds. The highest BCUT2D eigenvalue weighted by molar-refractivity contribution is 9.10. The average molecular weight is 362 g/mol. The number of nitro benzene ring substituents is 1. The molecular formula is C16H12BrNO4. The van der Waals surface area contributed by atoms with Crippen molar-refractivity contribution in [2.45, 2.75) is 6.61 Å². The van der Waals surface area contributed by atoms with Crippen molar-refractivity contribution in [3.05, 3.63) is 80.3 Å². The fraction of sp³-hybridized carbons (Fsp3) is 0.0625. The Morgan fingerprint density at radius 3 is 2.59 bits per heavy atom. The quantitative estimate of drug-likeness (QED) is 0.347. The van der Waals surface area contributed by atoms with E-state index in [-0.39, 0.29) is 12.3 Å². The van der Waals surface area contributed by atoms with E-state index in [2.05, 4.69) is 15.9 Å². The number of carbonyl (C=O) groups excluding carboxylic acids is 1. The van der Waals surface area contributed by atoms with E-state index in [9.17, 15) is 14.9 Å². The number of hydrogen-bond donors (Lipinski definition) is 0. The molecule has 0 fully saturated rings. The fourth-order valence-electron chi connectivity index (χ4n) is 1.70. The Morgan fingerprint density at radius 1 is 1.23 bits per heavy atom. The topological polar surface area (TPSA) is 69.4 Å². The molecule has 2 rings (SSSR count). The summed E-state index contributed by atoms with van der Waals surface area (Å²) in [4.78, 5) is 21.7. The van der Waals surface area contributed by atoms with Crippen LogP contribution in [0.2, 0.25) is 0 Å². The van der Waals surface area contributed by atoms with E-state index in [0.717, 1.165) is 10.0 Å². The van der Waals surface area contributed by atoms with E-state index in [4.69, 9.17) is 4.74 Å². The molecule has 0 N–H and O–H groups in total. The first-order valence-electron chi connectivity index (χ1n) is 6.38. The summed E-state index contributed by atoms with van der Waals surface area (Å²) in [5, 5.41) is 10.5. The minimum atomic E-state index is -0.474. The first-order chi connectivity index (χ1) is 10.5. The predicted molar refractivity (Wildman–Crippen MR) is 86.1 cm³/mol. The van der Waals surface area contributed by atoms with E-state index in [1.165, 1.54) is 18.2 Å².